The van der Waals surface area contributed by atoms with Crippen molar-refractivity contribution in [2.75, 3.05) is 30.4 Å². The first-order chi connectivity index (χ1) is 19.4. The Morgan fingerprint density at radius 3 is 2.44 bits per heavy atom. The molecular formula is C26H30F2N4O6S3. The van der Waals surface area contributed by atoms with Crippen LogP contribution < -0.4 is 15.4 Å². The summed E-state index contributed by atoms with van der Waals surface area (Å²) >= 11 is 1.97. The molecule has 0 fully saturated rings. The molecule has 0 saturated carbocycles. The van der Waals surface area contributed by atoms with Crippen LogP contribution >= 0.6 is 23.1 Å². The number of hydrogen-bond donors (Lipinski definition) is 4. The number of aliphatic hydroxyl groups excluding tert-OH is 1. The van der Waals surface area contributed by atoms with Crippen LogP contribution in [0.4, 0.5) is 13.9 Å². The van der Waals surface area contributed by atoms with Crippen molar-refractivity contribution in [2.24, 2.45) is 0 Å². The molecule has 3 rings (SSSR count). The molecule has 15 heteroatoms. The van der Waals surface area contributed by atoms with E-state index < -0.39 is 50.9 Å². The Morgan fingerprint density at radius 2 is 1.80 bits per heavy atom. The lowest BCUT2D eigenvalue weighted by molar-refractivity contribution is -0.122. The Hall–Kier alpha value is -3.11. The lowest BCUT2D eigenvalue weighted by Gasteiger charge is -2.30. The molecule has 0 bridgehead atoms. The van der Waals surface area contributed by atoms with Crippen LogP contribution in [0.5, 0.6) is 0 Å². The van der Waals surface area contributed by atoms with Gasteiger partial charge in [0, 0.05) is 30.9 Å². The van der Waals surface area contributed by atoms with Gasteiger partial charge in [-0.2, -0.15) is 0 Å². The molecule has 0 aliphatic carbocycles. The van der Waals surface area contributed by atoms with E-state index in [1.165, 1.54) is 12.5 Å². The van der Waals surface area contributed by atoms with E-state index in [0.29, 0.717) is 11.8 Å². The number of nitrogens with zero attached hydrogens (tertiary/aromatic N) is 1. The number of carbonyl (C=O) groups is 2. The van der Waals surface area contributed by atoms with E-state index in [1.54, 1.807) is 0 Å². The van der Waals surface area contributed by atoms with Crippen LogP contribution in [-0.2, 0) is 32.5 Å². The topological polar surface area (TPSA) is 147 Å². The van der Waals surface area contributed by atoms with Gasteiger partial charge in [-0.25, -0.2) is 22.2 Å². The van der Waals surface area contributed by atoms with Gasteiger partial charge in [0.15, 0.2) is 5.13 Å². The number of methoxy groups -OCH3 is 1. The molecule has 0 saturated heterocycles. The summed E-state index contributed by atoms with van der Waals surface area (Å²) in [6.45, 7) is 0.468. The van der Waals surface area contributed by atoms with Crippen LogP contribution in [0.2, 0.25) is 0 Å². The number of aromatic nitrogens is 1. The van der Waals surface area contributed by atoms with Crippen LogP contribution in [0, 0.1) is 11.6 Å². The first kappa shape index (κ1) is 32.4. The smallest absolute Gasteiger partial charge is 0.271 e. The Bertz CT molecular complexity index is 1410. The van der Waals surface area contributed by atoms with Gasteiger partial charge in [0.05, 0.1) is 25.0 Å². The molecule has 4 N–H and O–H groups in total. The van der Waals surface area contributed by atoms with Crippen LogP contribution in [0.1, 0.15) is 21.6 Å². The number of hydrogen-bond acceptors (Lipinski definition) is 9. The highest BCUT2D eigenvalue weighted by Gasteiger charge is 2.35. The standard InChI is InChI=1S/C26H30F2N4O6S3/c1-38-8-9-39-23(25(35)29-14-16-6-4-3-5-7-16)22(33)20(12-17-10-18(27)13-19(28)11-17)30-24(34)21-15-40-26(31-21)32-41(2,36)37/h3-7,10-11,13,15,20,22-23,33H,8-9,12,14H2,1-2H3,(H,29,35)(H,30,34)(H,31,32)/t20-,22+,23+/m0/s1. The quantitative estimate of drug-likeness (QED) is 0.188. The monoisotopic (exact) mass is 628 g/mol. The second kappa shape index (κ2) is 15.2. The molecule has 222 valence electrons. The zero-order valence-electron chi connectivity index (χ0n) is 22.2. The summed E-state index contributed by atoms with van der Waals surface area (Å²) in [5.41, 5.74) is 0.814. The van der Waals surface area contributed by atoms with Gasteiger partial charge in [0.25, 0.3) is 5.91 Å². The van der Waals surface area contributed by atoms with Crippen molar-refractivity contribution in [3.63, 3.8) is 0 Å². The van der Waals surface area contributed by atoms with Crippen LogP contribution in [0.25, 0.3) is 0 Å². The Morgan fingerprint density at radius 1 is 1.12 bits per heavy atom. The highest BCUT2D eigenvalue weighted by molar-refractivity contribution is 8.00. The van der Waals surface area contributed by atoms with E-state index in [9.17, 15) is 31.9 Å². The number of nitrogens with one attached hydrogen (secondary N) is 3. The van der Waals surface area contributed by atoms with Gasteiger partial charge >= 0.3 is 0 Å². The number of halogens is 2. The Kier molecular flexibility index (Phi) is 12.0. The summed E-state index contributed by atoms with van der Waals surface area (Å²) in [7, 11) is -2.14. The third-order valence-corrected chi connectivity index (χ3v) is 8.28. The second-order valence-corrected chi connectivity index (χ2v) is 12.8. The number of ether oxygens (including phenoxy) is 1. The Labute approximate surface area is 245 Å². The maximum absolute atomic E-state index is 14.0. The average molecular weight is 629 g/mol. The van der Waals surface area contributed by atoms with Crippen molar-refractivity contribution >= 4 is 50.1 Å². The van der Waals surface area contributed by atoms with Crippen molar-refractivity contribution in [2.45, 2.75) is 30.4 Å². The minimum absolute atomic E-state index is 0.0461. The summed E-state index contributed by atoms with van der Waals surface area (Å²) in [4.78, 5) is 30.3. The summed E-state index contributed by atoms with van der Waals surface area (Å²) in [6.07, 6.45) is -0.814. The number of sulfonamides is 1. The molecular weight excluding hydrogens is 599 g/mol. The van der Waals surface area contributed by atoms with Gasteiger partial charge in [-0.1, -0.05) is 30.3 Å². The molecule has 0 aliphatic rings. The van der Waals surface area contributed by atoms with Crippen molar-refractivity contribution in [1.82, 2.24) is 15.6 Å². The lowest BCUT2D eigenvalue weighted by Crippen LogP contribution is -2.53. The van der Waals surface area contributed by atoms with E-state index in [2.05, 4.69) is 20.3 Å². The zero-order valence-corrected chi connectivity index (χ0v) is 24.6. The highest BCUT2D eigenvalue weighted by Crippen LogP contribution is 2.22. The van der Waals surface area contributed by atoms with Crippen molar-refractivity contribution in [3.05, 3.63) is 82.4 Å². The largest absolute Gasteiger partial charge is 0.389 e. The fraction of sp³-hybridized carbons (Fsp3) is 0.346. The SMILES string of the molecule is COCCS[C@@H](C(=O)NCc1ccccc1)[C@H](O)[C@H](Cc1cc(F)cc(F)c1)NC(=O)c1csc(NS(C)(=O)=O)n1. The van der Waals surface area contributed by atoms with E-state index in [1.807, 2.05) is 30.3 Å². The number of anilines is 1. The van der Waals surface area contributed by atoms with Gasteiger partial charge < -0.3 is 20.5 Å². The number of thioether (sulfide) groups is 1. The molecule has 10 nitrogen and oxygen atoms in total. The third kappa shape index (κ3) is 10.7. The van der Waals surface area contributed by atoms with Gasteiger partial charge in [0.1, 0.15) is 22.6 Å². The molecule has 3 aromatic rings. The van der Waals surface area contributed by atoms with Crippen molar-refractivity contribution in [1.29, 1.82) is 0 Å². The van der Waals surface area contributed by atoms with Gasteiger partial charge in [-0.3, -0.25) is 14.3 Å². The second-order valence-electron chi connectivity index (χ2n) is 8.95. The van der Waals surface area contributed by atoms with Crippen LogP contribution in [0.15, 0.2) is 53.9 Å². The first-order valence-corrected chi connectivity index (χ1v) is 16.1. The van der Waals surface area contributed by atoms with Gasteiger partial charge in [-0.05, 0) is 29.7 Å². The molecule has 2 amide bonds. The highest BCUT2D eigenvalue weighted by atomic mass is 32.2. The normalized spacial score (nSPS) is 13.7. The number of carbonyl (C=O) groups excluding carboxylic acids is 2. The molecule has 2 aromatic carbocycles. The summed E-state index contributed by atoms with van der Waals surface area (Å²) in [5.74, 6) is -2.65. The van der Waals surface area contributed by atoms with E-state index >= 15 is 0 Å². The molecule has 1 aromatic heterocycles. The number of thiazole rings is 1. The molecule has 0 unspecified atom stereocenters. The van der Waals surface area contributed by atoms with Crippen LogP contribution in [0.3, 0.4) is 0 Å². The number of aliphatic hydroxyl groups is 1. The van der Waals surface area contributed by atoms with Crippen molar-refractivity contribution in [3.8, 4) is 0 Å². The van der Waals surface area contributed by atoms with E-state index in [-0.39, 0.29) is 36.0 Å². The minimum atomic E-state index is -3.63. The number of rotatable bonds is 15. The maximum Gasteiger partial charge on any atom is 0.271 e. The number of amides is 2. The van der Waals surface area contributed by atoms with Gasteiger partial charge in [0.2, 0.25) is 15.9 Å². The Balaban J connectivity index is 1.87. The molecule has 0 radical (unpaired) electrons. The summed E-state index contributed by atoms with van der Waals surface area (Å²) < 4.78 is 58.2. The zero-order chi connectivity index (χ0) is 30.0. The molecule has 41 heavy (non-hydrogen) atoms. The van der Waals surface area contributed by atoms with Crippen LogP contribution in [-0.4, -0.2) is 73.4 Å². The van der Waals surface area contributed by atoms with Crippen molar-refractivity contribution < 1.29 is 36.6 Å². The lowest BCUT2D eigenvalue weighted by atomic mass is 9.98. The predicted molar refractivity (Wildman–Crippen MR) is 154 cm³/mol. The minimum Gasteiger partial charge on any atom is -0.389 e. The third-order valence-electron chi connectivity index (χ3n) is 5.58. The van der Waals surface area contributed by atoms with Gasteiger partial charge in [-0.15, -0.1) is 23.1 Å². The average Bonchev–Trinajstić information content (AvgIpc) is 3.36. The fourth-order valence-electron chi connectivity index (χ4n) is 3.75. The summed E-state index contributed by atoms with van der Waals surface area (Å²) in [5, 5.41) is 17.0. The fourth-order valence-corrected chi connectivity index (χ4v) is 6.43. The van der Waals surface area contributed by atoms with E-state index in [4.69, 9.17) is 4.74 Å². The summed E-state index contributed by atoms with van der Waals surface area (Å²) in [6, 6.07) is 10.8. The maximum atomic E-state index is 14.0. The van der Waals surface area contributed by atoms with E-state index in [0.717, 1.165) is 47.1 Å². The predicted octanol–water partition coefficient (Wildman–Crippen LogP) is 2.56. The first-order valence-electron chi connectivity index (χ1n) is 12.2. The number of benzene rings is 2. The molecule has 3 atom stereocenters. The molecule has 0 aliphatic heterocycles. The molecule has 0 spiro atoms. The molecule has 1 heterocycles.